The minimum atomic E-state index is -0.319. The number of carbonyl (C=O) groups is 1. The second-order valence-corrected chi connectivity index (χ2v) is 8.27. The van der Waals surface area contributed by atoms with Gasteiger partial charge in [-0.05, 0) is 47.5 Å². The molecule has 0 saturated heterocycles. The number of nitrogens with zero attached hydrogens (tertiary/aromatic N) is 1. The van der Waals surface area contributed by atoms with Gasteiger partial charge in [0.15, 0.2) is 0 Å². The molecule has 174 valence electrons. The van der Waals surface area contributed by atoms with Crippen LogP contribution in [0.25, 0.3) is 10.8 Å². The molecule has 0 bridgehead atoms. The molecule has 0 spiro atoms. The zero-order valence-electron chi connectivity index (χ0n) is 19.4. The monoisotopic (exact) mass is 446 g/mol. The summed E-state index contributed by atoms with van der Waals surface area (Å²) >= 11 is 0. The van der Waals surface area contributed by atoms with E-state index in [9.17, 15) is 9.90 Å². The molecular weight excluding hydrogens is 412 g/mol. The van der Waals surface area contributed by atoms with E-state index in [-0.39, 0.29) is 11.7 Å². The average molecular weight is 447 g/mol. The summed E-state index contributed by atoms with van der Waals surface area (Å²) in [4.78, 5) is 12.4. The standard InChI is InChI=1S/C28H34N2O3/c1-2-3-4-5-6-7-8-11-20-33-24-17-14-23(15-18-24)28(32)30-29-21-26-25-13-10-9-12-22(25)16-19-27(26)31/h9-10,12-19,21,31H,2-8,11,20H2,1H3,(H,30,32). The summed E-state index contributed by atoms with van der Waals surface area (Å²) in [7, 11) is 0. The van der Waals surface area contributed by atoms with Crippen LogP contribution in [-0.2, 0) is 0 Å². The lowest BCUT2D eigenvalue weighted by molar-refractivity contribution is 0.0955. The number of hydrogen-bond acceptors (Lipinski definition) is 4. The maximum Gasteiger partial charge on any atom is 0.271 e. The summed E-state index contributed by atoms with van der Waals surface area (Å²) < 4.78 is 5.79. The molecule has 1 amide bonds. The second-order valence-electron chi connectivity index (χ2n) is 8.27. The van der Waals surface area contributed by atoms with Crippen LogP contribution < -0.4 is 10.2 Å². The van der Waals surface area contributed by atoms with E-state index in [2.05, 4.69) is 17.5 Å². The third-order valence-corrected chi connectivity index (χ3v) is 5.69. The van der Waals surface area contributed by atoms with Crippen LogP contribution >= 0.6 is 0 Å². The number of fused-ring (bicyclic) bond motifs is 1. The largest absolute Gasteiger partial charge is 0.507 e. The first-order valence-corrected chi connectivity index (χ1v) is 12.0. The van der Waals surface area contributed by atoms with Crippen molar-refractivity contribution in [2.24, 2.45) is 5.10 Å². The van der Waals surface area contributed by atoms with Gasteiger partial charge < -0.3 is 9.84 Å². The molecule has 33 heavy (non-hydrogen) atoms. The van der Waals surface area contributed by atoms with E-state index < -0.39 is 0 Å². The van der Waals surface area contributed by atoms with Crippen molar-refractivity contribution in [2.45, 2.75) is 58.3 Å². The molecule has 0 aliphatic carbocycles. The molecule has 0 unspecified atom stereocenters. The molecule has 5 nitrogen and oxygen atoms in total. The molecule has 0 aliphatic heterocycles. The van der Waals surface area contributed by atoms with Gasteiger partial charge in [-0.25, -0.2) is 5.43 Å². The van der Waals surface area contributed by atoms with Crippen LogP contribution in [0.15, 0.2) is 65.8 Å². The Labute approximate surface area is 196 Å². The van der Waals surface area contributed by atoms with E-state index in [1.165, 1.54) is 51.2 Å². The van der Waals surface area contributed by atoms with Gasteiger partial charge in [0.2, 0.25) is 0 Å². The third kappa shape index (κ3) is 7.63. The topological polar surface area (TPSA) is 70.9 Å². The normalized spacial score (nSPS) is 11.2. The van der Waals surface area contributed by atoms with Crippen molar-refractivity contribution in [1.29, 1.82) is 0 Å². The Bertz CT molecular complexity index is 1040. The van der Waals surface area contributed by atoms with Crippen LogP contribution in [0.5, 0.6) is 11.5 Å². The van der Waals surface area contributed by atoms with Crippen molar-refractivity contribution in [3.05, 3.63) is 71.8 Å². The Hall–Kier alpha value is -3.34. The lowest BCUT2D eigenvalue weighted by Gasteiger charge is -2.07. The van der Waals surface area contributed by atoms with Gasteiger partial charge in [0.05, 0.1) is 12.8 Å². The SMILES string of the molecule is CCCCCCCCCCOc1ccc(C(=O)NN=Cc2c(O)ccc3ccccc23)cc1. The van der Waals surface area contributed by atoms with Crippen molar-refractivity contribution in [3.8, 4) is 11.5 Å². The lowest BCUT2D eigenvalue weighted by Crippen LogP contribution is -2.17. The number of ether oxygens (including phenoxy) is 1. The number of unbranched alkanes of at least 4 members (excludes halogenated alkanes) is 7. The molecule has 3 aromatic carbocycles. The summed E-state index contributed by atoms with van der Waals surface area (Å²) in [6.07, 6.45) is 11.6. The highest BCUT2D eigenvalue weighted by molar-refractivity contribution is 6.03. The number of aromatic hydroxyl groups is 1. The molecule has 0 aromatic heterocycles. The van der Waals surface area contributed by atoms with Gasteiger partial charge in [-0.2, -0.15) is 5.10 Å². The highest BCUT2D eigenvalue weighted by Gasteiger charge is 2.07. The molecule has 0 radical (unpaired) electrons. The van der Waals surface area contributed by atoms with E-state index in [1.807, 2.05) is 30.3 Å². The summed E-state index contributed by atoms with van der Waals surface area (Å²) in [5.41, 5.74) is 3.58. The van der Waals surface area contributed by atoms with Gasteiger partial charge in [-0.15, -0.1) is 0 Å². The fourth-order valence-electron chi connectivity index (χ4n) is 3.77. The molecule has 0 saturated carbocycles. The lowest BCUT2D eigenvalue weighted by atomic mass is 10.0. The Morgan fingerprint density at radius 3 is 2.36 bits per heavy atom. The van der Waals surface area contributed by atoms with Crippen LogP contribution in [0.1, 0.15) is 74.2 Å². The van der Waals surface area contributed by atoms with E-state index in [1.54, 1.807) is 30.3 Å². The first-order valence-electron chi connectivity index (χ1n) is 12.0. The van der Waals surface area contributed by atoms with Crippen molar-refractivity contribution < 1.29 is 14.6 Å². The summed E-state index contributed by atoms with van der Waals surface area (Å²) in [6.45, 7) is 2.93. The predicted octanol–water partition coefficient (Wildman–Crippen LogP) is 6.83. The van der Waals surface area contributed by atoms with Gasteiger partial charge in [-0.1, -0.05) is 82.2 Å². The van der Waals surface area contributed by atoms with Crippen LogP contribution in [0.4, 0.5) is 0 Å². The summed E-state index contributed by atoms with van der Waals surface area (Å²) in [6, 6.07) is 18.2. The molecule has 3 rings (SSSR count). The van der Waals surface area contributed by atoms with Crippen molar-refractivity contribution in [3.63, 3.8) is 0 Å². The van der Waals surface area contributed by atoms with Gasteiger partial charge in [0.1, 0.15) is 11.5 Å². The van der Waals surface area contributed by atoms with Gasteiger partial charge in [-0.3, -0.25) is 4.79 Å². The van der Waals surface area contributed by atoms with Crippen molar-refractivity contribution >= 4 is 22.9 Å². The van der Waals surface area contributed by atoms with Crippen LogP contribution in [0.3, 0.4) is 0 Å². The first-order chi connectivity index (χ1) is 16.2. The van der Waals surface area contributed by atoms with Gasteiger partial charge in [0, 0.05) is 11.1 Å². The average Bonchev–Trinajstić information content (AvgIpc) is 2.84. The highest BCUT2D eigenvalue weighted by Crippen LogP contribution is 2.25. The minimum absolute atomic E-state index is 0.115. The predicted molar refractivity (Wildman–Crippen MR) is 135 cm³/mol. The minimum Gasteiger partial charge on any atom is -0.507 e. The van der Waals surface area contributed by atoms with E-state index >= 15 is 0 Å². The quantitative estimate of drug-likeness (QED) is 0.172. The number of rotatable bonds is 13. The van der Waals surface area contributed by atoms with Crippen LogP contribution in [0.2, 0.25) is 0 Å². The Morgan fingerprint density at radius 1 is 0.909 bits per heavy atom. The molecular formula is C28H34N2O3. The van der Waals surface area contributed by atoms with Crippen molar-refractivity contribution in [2.75, 3.05) is 6.61 Å². The smallest absolute Gasteiger partial charge is 0.271 e. The van der Waals surface area contributed by atoms with Gasteiger partial charge in [0.25, 0.3) is 5.91 Å². The van der Waals surface area contributed by atoms with Crippen molar-refractivity contribution in [1.82, 2.24) is 5.43 Å². The highest BCUT2D eigenvalue weighted by atomic mass is 16.5. The number of hydrazone groups is 1. The van der Waals surface area contributed by atoms with E-state index in [0.717, 1.165) is 22.9 Å². The number of hydrogen-bond donors (Lipinski definition) is 2. The van der Waals surface area contributed by atoms with Gasteiger partial charge >= 0.3 is 0 Å². The Kier molecular flexibility index (Phi) is 9.77. The molecule has 0 heterocycles. The second kappa shape index (κ2) is 13.3. The molecule has 3 aromatic rings. The summed E-state index contributed by atoms with van der Waals surface area (Å²) in [5, 5.41) is 16.1. The molecule has 5 heteroatoms. The number of carbonyl (C=O) groups excluding carboxylic acids is 1. The zero-order chi connectivity index (χ0) is 23.3. The number of phenolic OH excluding ortho intramolecular Hbond substituents is 1. The third-order valence-electron chi connectivity index (χ3n) is 5.69. The molecule has 0 atom stereocenters. The fraction of sp³-hybridized carbons (Fsp3) is 0.357. The van der Waals surface area contributed by atoms with E-state index in [0.29, 0.717) is 17.7 Å². The van der Waals surface area contributed by atoms with E-state index in [4.69, 9.17) is 4.74 Å². The summed E-state index contributed by atoms with van der Waals surface area (Å²) in [5.74, 6) is 0.559. The number of amides is 1. The number of nitrogens with one attached hydrogen (secondary N) is 1. The Morgan fingerprint density at radius 2 is 1.61 bits per heavy atom. The number of benzene rings is 3. The maximum absolute atomic E-state index is 12.4. The Balaban J connectivity index is 1.42. The van der Waals surface area contributed by atoms with Crippen LogP contribution in [-0.4, -0.2) is 23.8 Å². The maximum atomic E-state index is 12.4. The fourth-order valence-corrected chi connectivity index (χ4v) is 3.77. The zero-order valence-corrected chi connectivity index (χ0v) is 19.4. The van der Waals surface area contributed by atoms with Crippen LogP contribution in [0, 0.1) is 0 Å². The molecule has 0 aliphatic rings. The number of phenols is 1. The first kappa shape index (κ1) is 24.3. The molecule has 0 fully saturated rings. The molecule has 2 N–H and O–H groups in total.